The third kappa shape index (κ3) is 2.87. The van der Waals surface area contributed by atoms with Crippen LogP contribution < -0.4 is 5.32 Å². The maximum Gasteiger partial charge on any atom is 0.132 e. The van der Waals surface area contributed by atoms with Crippen molar-refractivity contribution in [1.29, 1.82) is 5.41 Å². The minimum absolute atomic E-state index is 0.180. The zero-order chi connectivity index (χ0) is 9.68. The van der Waals surface area contributed by atoms with Gasteiger partial charge in [-0.2, -0.15) is 0 Å². The lowest BCUT2D eigenvalue weighted by atomic mass is 10.1. The summed E-state index contributed by atoms with van der Waals surface area (Å²) in [5.74, 6) is -0.180. The van der Waals surface area contributed by atoms with Crippen LogP contribution in [0.2, 0.25) is 0 Å². The predicted molar refractivity (Wildman–Crippen MR) is 54.0 cm³/mol. The van der Waals surface area contributed by atoms with Crippen LogP contribution in [0.3, 0.4) is 0 Å². The Balaban J connectivity index is 2.54. The Morgan fingerprint density at radius 3 is 2.54 bits per heavy atom. The van der Waals surface area contributed by atoms with E-state index in [1.54, 1.807) is 6.92 Å². The van der Waals surface area contributed by atoms with Gasteiger partial charge in [-0.3, -0.25) is 0 Å². The fourth-order valence-electron chi connectivity index (χ4n) is 0.928. The largest absolute Gasteiger partial charge is 0.373 e. The van der Waals surface area contributed by atoms with Gasteiger partial charge in [0.15, 0.2) is 0 Å². The molecule has 0 heterocycles. The second-order valence-corrected chi connectivity index (χ2v) is 2.98. The summed E-state index contributed by atoms with van der Waals surface area (Å²) in [5.41, 5.74) is 0.865. The van der Waals surface area contributed by atoms with Crippen molar-refractivity contribution in [3.8, 4) is 0 Å². The average molecular weight is 178 g/mol. The van der Waals surface area contributed by atoms with Gasteiger partial charge in [-0.05, 0) is 12.1 Å². The van der Waals surface area contributed by atoms with Gasteiger partial charge in [0.1, 0.15) is 6.23 Å². The predicted octanol–water partition coefficient (Wildman–Crippen LogP) is 1.70. The highest BCUT2D eigenvalue weighted by Crippen LogP contribution is 2.09. The molecule has 0 bridgehead atoms. The highest BCUT2D eigenvalue weighted by atomic mass is 16.3. The second-order valence-electron chi connectivity index (χ2n) is 2.98. The lowest BCUT2D eigenvalue weighted by Gasteiger charge is -2.17. The van der Waals surface area contributed by atoms with Gasteiger partial charge >= 0.3 is 0 Å². The van der Waals surface area contributed by atoms with E-state index in [1.165, 1.54) is 6.21 Å². The van der Waals surface area contributed by atoms with Gasteiger partial charge < -0.3 is 15.8 Å². The Morgan fingerprint density at radius 2 is 2.00 bits per heavy atom. The molecule has 3 heteroatoms. The Bertz CT molecular complexity index is 261. The zero-order valence-corrected chi connectivity index (χ0v) is 7.57. The van der Waals surface area contributed by atoms with Crippen LogP contribution in [0.1, 0.15) is 6.92 Å². The van der Waals surface area contributed by atoms with Crippen molar-refractivity contribution < 1.29 is 5.11 Å². The Kier molecular flexibility index (Phi) is 3.46. The molecule has 2 atom stereocenters. The van der Waals surface area contributed by atoms with E-state index in [0.717, 1.165) is 5.69 Å². The Hall–Kier alpha value is -1.35. The van der Waals surface area contributed by atoms with Gasteiger partial charge in [0, 0.05) is 17.8 Å². The number of hydrogen-bond donors (Lipinski definition) is 3. The molecular formula is C10H14N2O. The number of anilines is 1. The summed E-state index contributed by atoms with van der Waals surface area (Å²) in [6.45, 7) is 1.79. The van der Waals surface area contributed by atoms with Crippen LogP contribution in [0.5, 0.6) is 0 Å². The van der Waals surface area contributed by atoms with E-state index in [0.29, 0.717) is 0 Å². The van der Waals surface area contributed by atoms with E-state index in [-0.39, 0.29) is 5.92 Å². The molecule has 1 aromatic rings. The topological polar surface area (TPSA) is 56.1 Å². The molecule has 3 N–H and O–H groups in total. The van der Waals surface area contributed by atoms with Crippen LogP contribution in [0.15, 0.2) is 30.3 Å². The fourth-order valence-corrected chi connectivity index (χ4v) is 0.928. The third-order valence-electron chi connectivity index (χ3n) is 1.85. The van der Waals surface area contributed by atoms with Crippen molar-refractivity contribution in [1.82, 2.24) is 0 Å². The van der Waals surface area contributed by atoms with Gasteiger partial charge in [-0.15, -0.1) is 0 Å². The normalized spacial score (nSPS) is 14.6. The maximum atomic E-state index is 9.51. The minimum Gasteiger partial charge on any atom is -0.373 e. The first-order valence-corrected chi connectivity index (χ1v) is 4.24. The number of aliphatic hydroxyl groups excluding tert-OH is 1. The average Bonchev–Trinajstić information content (AvgIpc) is 2.18. The first kappa shape index (κ1) is 9.74. The molecule has 0 amide bonds. The molecule has 0 aliphatic heterocycles. The van der Waals surface area contributed by atoms with Crippen molar-refractivity contribution in [2.24, 2.45) is 5.92 Å². The minimum atomic E-state index is -0.695. The molecule has 0 aliphatic carbocycles. The molecule has 0 fully saturated rings. The monoisotopic (exact) mass is 178 g/mol. The standard InChI is InChI=1S/C10H14N2O/c1-8(7-11)10(13)12-9-5-3-2-4-6-9/h2-8,10-13H,1H3. The summed E-state index contributed by atoms with van der Waals surface area (Å²) < 4.78 is 0. The quantitative estimate of drug-likeness (QED) is 0.485. The molecule has 0 aromatic heterocycles. The smallest absolute Gasteiger partial charge is 0.132 e. The van der Waals surface area contributed by atoms with E-state index in [4.69, 9.17) is 5.41 Å². The van der Waals surface area contributed by atoms with Crippen LogP contribution in [-0.2, 0) is 0 Å². The van der Waals surface area contributed by atoms with E-state index >= 15 is 0 Å². The number of nitrogens with one attached hydrogen (secondary N) is 2. The van der Waals surface area contributed by atoms with E-state index in [1.807, 2.05) is 30.3 Å². The van der Waals surface area contributed by atoms with E-state index in [9.17, 15) is 5.11 Å². The summed E-state index contributed by atoms with van der Waals surface area (Å²) in [7, 11) is 0. The summed E-state index contributed by atoms with van der Waals surface area (Å²) in [6, 6.07) is 9.45. The lowest BCUT2D eigenvalue weighted by Crippen LogP contribution is -2.27. The molecule has 0 radical (unpaired) electrons. The van der Waals surface area contributed by atoms with Crippen LogP contribution >= 0.6 is 0 Å². The molecule has 0 spiro atoms. The fraction of sp³-hybridized carbons (Fsp3) is 0.300. The first-order chi connectivity index (χ1) is 6.24. The summed E-state index contributed by atoms with van der Waals surface area (Å²) in [4.78, 5) is 0. The SMILES string of the molecule is CC(C=N)C(O)Nc1ccccc1. The first-order valence-electron chi connectivity index (χ1n) is 4.24. The van der Waals surface area contributed by atoms with Crippen molar-refractivity contribution in [2.75, 3.05) is 5.32 Å². The van der Waals surface area contributed by atoms with Crippen LogP contribution in [0.4, 0.5) is 5.69 Å². The molecule has 1 rings (SSSR count). The van der Waals surface area contributed by atoms with Crippen molar-refractivity contribution in [3.63, 3.8) is 0 Å². The van der Waals surface area contributed by atoms with E-state index < -0.39 is 6.23 Å². The van der Waals surface area contributed by atoms with Crippen LogP contribution in [-0.4, -0.2) is 17.5 Å². The summed E-state index contributed by atoms with van der Waals surface area (Å²) in [6.07, 6.45) is 0.528. The number of hydrogen-bond acceptors (Lipinski definition) is 3. The van der Waals surface area contributed by atoms with Crippen molar-refractivity contribution in [3.05, 3.63) is 30.3 Å². The van der Waals surface area contributed by atoms with Gasteiger partial charge in [0.05, 0.1) is 0 Å². The second kappa shape index (κ2) is 4.62. The van der Waals surface area contributed by atoms with Crippen LogP contribution in [0.25, 0.3) is 0 Å². The third-order valence-corrected chi connectivity index (χ3v) is 1.85. The summed E-state index contributed by atoms with van der Waals surface area (Å²) >= 11 is 0. The van der Waals surface area contributed by atoms with Gasteiger partial charge in [-0.25, -0.2) is 0 Å². The van der Waals surface area contributed by atoms with Gasteiger partial charge in [0.25, 0.3) is 0 Å². The molecular weight excluding hydrogens is 164 g/mol. The Morgan fingerprint density at radius 1 is 1.38 bits per heavy atom. The highest BCUT2D eigenvalue weighted by molar-refractivity contribution is 5.58. The zero-order valence-electron chi connectivity index (χ0n) is 7.57. The molecule has 2 unspecified atom stereocenters. The molecule has 3 nitrogen and oxygen atoms in total. The molecule has 0 saturated carbocycles. The van der Waals surface area contributed by atoms with Crippen molar-refractivity contribution in [2.45, 2.75) is 13.2 Å². The van der Waals surface area contributed by atoms with Crippen LogP contribution in [0, 0.1) is 11.3 Å². The number of rotatable bonds is 4. The maximum absolute atomic E-state index is 9.51. The molecule has 70 valence electrons. The number of para-hydroxylation sites is 1. The van der Waals surface area contributed by atoms with Crippen molar-refractivity contribution >= 4 is 11.9 Å². The Labute approximate surface area is 77.9 Å². The number of aliphatic hydroxyl groups is 1. The highest BCUT2D eigenvalue weighted by Gasteiger charge is 2.09. The molecule has 1 aromatic carbocycles. The van der Waals surface area contributed by atoms with Gasteiger partial charge in [0.2, 0.25) is 0 Å². The van der Waals surface area contributed by atoms with E-state index in [2.05, 4.69) is 5.32 Å². The molecule has 0 saturated heterocycles. The number of benzene rings is 1. The lowest BCUT2D eigenvalue weighted by molar-refractivity contribution is 0.175. The van der Waals surface area contributed by atoms with Gasteiger partial charge in [-0.1, -0.05) is 25.1 Å². The molecule has 0 aliphatic rings. The summed E-state index contributed by atoms with van der Waals surface area (Å²) in [5, 5.41) is 19.4. The molecule has 13 heavy (non-hydrogen) atoms.